The topological polar surface area (TPSA) is 83.7 Å². The zero-order valence-corrected chi connectivity index (χ0v) is 15.8. The maximum atomic E-state index is 12.5. The van der Waals surface area contributed by atoms with E-state index in [1.165, 1.54) is 0 Å². The number of ether oxygens (including phenoxy) is 1. The molecule has 0 radical (unpaired) electrons. The smallest absolute Gasteiger partial charge is 0.238 e. The maximum Gasteiger partial charge on any atom is 0.238 e. The Morgan fingerprint density at radius 2 is 1.93 bits per heavy atom. The number of benzene rings is 2. The lowest BCUT2D eigenvalue weighted by Gasteiger charge is -2.36. The number of rotatable bonds is 6. The Morgan fingerprint density at radius 1 is 1.11 bits per heavy atom. The van der Waals surface area contributed by atoms with Gasteiger partial charge in [0.05, 0.1) is 24.5 Å². The van der Waals surface area contributed by atoms with Gasteiger partial charge in [0.15, 0.2) is 5.52 Å². The number of hydrogen-bond donors (Lipinski definition) is 1. The number of piperazine rings is 1. The van der Waals surface area contributed by atoms with Gasteiger partial charge in [-0.2, -0.15) is 0 Å². The van der Waals surface area contributed by atoms with Crippen molar-refractivity contribution in [3.05, 3.63) is 42.5 Å². The lowest BCUT2D eigenvalue weighted by Crippen LogP contribution is -2.48. The largest absolute Gasteiger partial charge is 0.492 e. The van der Waals surface area contributed by atoms with Crippen LogP contribution in [0.2, 0.25) is 0 Å². The third kappa shape index (κ3) is 3.91. The van der Waals surface area contributed by atoms with Crippen molar-refractivity contribution in [2.75, 3.05) is 49.5 Å². The van der Waals surface area contributed by atoms with Gasteiger partial charge >= 0.3 is 0 Å². The molecule has 0 atom stereocenters. The fourth-order valence-corrected chi connectivity index (χ4v) is 3.44. The molecule has 0 saturated carbocycles. The highest BCUT2D eigenvalue weighted by molar-refractivity contribution is 5.99. The van der Waals surface area contributed by atoms with E-state index in [-0.39, 0.29) is 5.91 Å². The third-order valence-corrected chi connectivity index (χ3v) is 4.81. The number of carbonyl (C=O) groups excluding carboxylic acids is 1. The predicted octanol–water partition coefficient (Wildman–Crippen LogP) is 2.38. The minimum atomic E-state index is -0.0707. The molecule has 1 N–H and O–H groups in total. The summed E-state index contributed by atoms with van der Waals surface area (Å²) < 4.78 is 10.5. The molecule has 1 amide bonds. The summed E-state index contributed by atoms with van der Waals surface area (Å²) in [4.78, 5) is 16.9. The van der Waals surface area contributed by atoms with E-state index in [1.807, 2.05) is 31.2 Å². The zero-order chi connectivity index (χ0) is 19.3. The molecule has 28 heavy (non-hydrogen) atoms. The average molecular weight is 381 g/mol. The molecule has 8 heteroatoms. The summed E-state index contributed by atoms with van der Waals surface area (Å²) in [7, 11) is 0. The molecule has 0 bridgehead atoms. The molecule has 1 aliphatic rings. The molecular formula is C20H23N5O3. The highest BCUT2D eigenvalue weighted by Crippen LogP contribution is 2.28. The first kappa shape index (κ1) is 18.2. The van der Waals surface area contributed by atoms with Crippen molar-refractivity contribution in [3.8, 4) is 5.75 Å². The van der Waals surface area contributed by atoms with E-state index in [0.717, 1.165) is 37.6 Å². The van der Waals surface area contributed by atoms with E-state index in [9.17, 15) is 4.79 Å². The first-order chi connectivity index (χ1) is 13.7. The quantitative estimate of drug-likeness (QED) is 0.702. The summed E-state index contributed by atoms with van der Waals surface area (Å²) in [6.45, 7) is 6.28. The number of fused-ring (bicyclic) bond motifs is 1. The first-order valence-electron chi connectivity index (χ1n) is 9.45. The molecule has 0 unspecified atom stereocenters. The molecule has 1 aromatic heterocycles. The van der Waals surface area contributed by atoms with Crippen molar-refractivity contribution in [1.29, 1.82) is 0 Å². The van der Waals surface area contributed by atoms with Crippen LogP contribution in [-0.4, -0.2) is 60.5 Å². The van der Waals surface area contributed by atoms with E-state index in [1.54, 1.807) is 12.1 Å². The highest BCUT2D eigenvalue weighted by atomic mass is 16.6. The number of nitrogens with zero attached hydrogens (tertiary/aromatic N) is 4. The lowest BCUT2D eigenvalue weighted by atomic mass is 10.2. The number of para-hydroxylation sites is 2. The number of anilines is 2. The van der Waals surface area contributed by atoms with Crippen LogP contribution >= 0.6 is 0 Å². The molecular weight excluding hydrogens is 358 g/mol. The van der Waals surface area contributed by atoms with Gasteiger partial charge in [0.25, 0.3) is 0 Å². The van der Waals surface area contributed by atoms with E-state index >= 15 is 0 Å². The first-order valence-corrected chi connectivity index (χ1v) is 9.45. The fraction of sp³-hybridized carbons (Fsp3) is 0.350. The highest BCUT2D eigenvalue weighted by Gasteiger charge is 2.21. The number of carbonyl (C=O) groups is 1. The van der Waals surface area contributed by atoms with Crippen LogP contribution in [0.25, 0.3) is 11.0 Å². The Bertz CT molecular complexity index is 950. The Hall–Kier alpha value is -3.13. The Kier molecular flexibility index (Phi) is 5.38. The van der Waals surface area contributed by atoms with Crippen LogP contribution in [0.15, 0.2) is 47.1 Å². The molecule has 0 aliphatic carbocycles. The van der Waals surface area contributed by atoms with Gasteiger partial charge in [-0.05, 0) is 41.5 Å². The minimum absolute atomic E-state index is 0.0707. The van der Waals surface area contributed by atoms with Crippen molar-refractivity contribution in [3.63, 3.8) is 0 Å². The minimum Gasteiger partial charge on any atom is -0.492 e. The van der Waals surface area contributed by atoms with Gasteiger partial charge < -0.3 is 15.0 Å². The van der Waals surface area contributed by atoms with Crippen molar-refractivity contribution >= 4 is 28.3 Å². The van der Waals surface area contributed by atoms with Gasteiger partial charge in [-0.1, -0.05) is 18.2 Å². The average Bonchev–Trinajstić information content (AvgIpc) is 3.19. The summed E-state index contributed by atoms with van der Waals surface area (Å²) in [6.07, 6.45) is 0. The molecule has 1 saturated heterocycles. The van der Waals surface area contributed by atoms with Crippen molar-refractivity contribution < 1.29 is 14.2 Å². The third-order valence-electron chi connectivity index (χ3n) is 4.81. The van der Waals surface area contributed by atoms with Crippen LogP contribution < -0.4 is 15.0 Å². The predicted molar refractivity (Wildman–Crippen MR) is 107 cm³/mol. The standard InChI is InChI=1S/C20H23N5O3/c1-2-27-18-9-4-3-8-17(18)25-12-10-24(11-13-25)14-19(26)21-15-6-5-7-16-20(15)23-28-22-16/h3-9H,2,10-14H2,1H3,(H,21,26). The second-order valence-corrected chi connectivity index (χ2v) is 6.65. The molecule has 2 aromatic carbocycles. The number of hydrogen-bond acceptors (Lipinski definition) is 7. The molecule has 1 aliphatic heterocycles. The second kappa shape index (κ2) is 8.26. The van der Waals surface area contributed by atoms with Crippen molar-refractivity contribution in [2.24, 2.45) is 0 Å². The van der Waals surface area contributed by atoms with Gasteiger partial charge in [0.2, 0.25) is 5.91 Å². The van der Waals surface area contributed by atoms with E-state index in [0.29, 0.717) is 29.9 Å². The summed E-state index contributed by atoms with van der Waals surface area (Å²) in [5.41, 5.74) is 2.92. The van der Waals surface area contributed by atoms with Crippen LogP contribution in [-0.2, 0) is 4.79 Å². The lowest BCUT2D eigenvalue weighted by molar-refractivity contribution is -0.117. The van der Waals surface area contributed by atoms with Crippen LogP contribution in [0, 0.1) is 0 Å². The Morgan fingerprint density at radius 3 is 2.75 bits per heavy atom. The van der Waals surface area contributed by atoms with Gasteiger partial charge in [-0.25, -0.2) is 4.63 Å². The number of amides is 1. The van der Waals surface area contributed by atoms with Gasteiger partial charge in [0.1, 0.15) is 11.3 Å². The Balaban J connectivity index is 1.33. The van der Waals surface area contributed by atoms with Gasteiger partial charge in [0, 0.05) is 26.2 Å². The van der Waals surface area contributed by atoms with E-state index in [2.05, 4.69) is 31.5 Å². The van der Waals surface area contributed by atoms with E-state index < -0.39 is 0 Å². The molecule has 146 valence electrons. The normalized spacial score (nSPS) is 15.0. The summed E-state index contributed by atoms with van der Waals surface area (Å²) in [5, 5.41) is 10.6. The van der Waals surface area contributed by atoms with Crippen molar-refractivity contribution in [2.45, 2.75) is 6.92 Å². The maximum absolute atomic E-state index is 12.5. The molecule has 0 spiro atoms. The monoisotopic (exact) mass is 381 g/mol. The molecule has 8 nitrogen and oxygen atoms in total. The molecule has 4 rings (SSSR count). The van der Waals surface area contributed by atoms with Gasteiger partial charge in [-0.15, -0.1) is 0 Å². The molecule has 2 heterocycles. The van der Waals surface area contributed by atoms with Crippen LogP contribution in [0.4, 0.5) is 11.4 Å². The molecule has 1 fully saturated rings. The van der Waals surface area contributed by atoms with Gasteiger partial charge in [-0.3, -0.25) is 9.69 Å². The van der Waals surface area contributed by atoms with Crippen molar-refractivity contribution in [1.82, 2.24) is 15.2 Å². The fourth-order valence-electron chi connectivity index (χ4n) is 3.44. The number of aromatic nitrogens is 2. The van der Waals surface area contributed by atoms with Crippen LogP contribution in [0.1, 0.15) is 6.92 Å². The van der Waals surface area contributed by atoms with Crippen LogP contribution in [0.3, 0.4) is 0 Å². The second-order valence-electron chi connectivity index (χ2n) is 6.65. The number of nitrogens with one attached hydrogen (secondary N) is 1. The summed E-state index contributed by atoms with van der Waals surface area (Å²) in [5.74, 6) is 0.837. The SMILES string of the molecule is CCOc1ccccc1N1CCN(CC(=O)Nc2cccc3nonc23)CC1. The Labute approximate surface area is 163 Å². The van der Waals surface area contributed by atoms with E-state index in [4.69, 9.17) is 9.37 Å². The van der Waals surface area contributed by atoms with Crippen LogP contribution in [0.5, 0.6) is 5.75 Å². The summed E-state index contributed by atoms with van der Waals surface area (Å²) >= 11 is 0. The zero-order valence-electron chi connectivity index (χ0n) is 15.8. The summed E-state index contributed by atoms with van der Waals surface area (Å²) in [6, 6.07) is 13.5. The molecule has 3 aromatic rings.